The lowest BCUT2D eigenvalue weighted by molar-refractivity contribution is -0.256. The molecule has 3 aromatic rings. The number of unbranched alkanes of at least 4 members (excludes halogenated alkanes) is 4. The molecule has 1 aliphatic rings. The van der Waals surface area contributed by atoms with Crippen LogP contribution in [0.2, 0.25) is 0 Å². The fourth-order valence-corrected chi connectivity index (χ4v) is 7.22. The van der Waals surface area contributed by atoms with E-state index in [-0.39, 0.29) is 30.4 Å². The second kappa shape index (κ2) is 20.8. The highest BCUT2D eigenvalue weighted by atomic mass is 35.5. The molecule has 0 unspecified atom stereocenters. The standard InChI is InChI=1S/C40H56N2O4.2ClH/c1-5-9-22-41(23-10-6-2)26-14-18-30-31(19-15-27-42(24-11-7-3)25-12-8-4)38(40(45)46)34-17-13-16-32-35-28-29(39(43)44)20-21-33(35)36(30)37(32)34;;/h13,16-17,20-21,28H,5-12,14-15,18-19,22-27H2,1-4H3,(H,43,44)(H,45,46);2*1H/p-2. The number of rotatable bonds is 22. The van der Waals surface area contributed by atoms with Crippen molar-refractivity contribution < 1.29 is 19.8 Å². The first-order valence-corrected chi connectivity index (χ1v) is 18.0. The highest BCUT2D eigenvalue weighted by molar-refractivity contribution is 6.21. The number of hydrogen-bond donors (Lipinski definition) is 0. The molecular weight excluding hydrogens is 643 g/mol. The number of hydrogen-bond acceptors (Lipinski definition) is 6. The molecule has 0 fully saturated rings. The highest BCUT2D eigenvalue weighted by Gasteiger charge is 2.29. The summed E-state index contributed by atoms with van der Waals surface area (Å²) in [6, 6.07) is 11.0. The molecule has 0 atom stereocenters. The van der Waals surface area contributed by atoms with E-state index >= 15 is 0 Å². The van der Waals surface area contributed by atoms with Crippen molar-refractivity contribution >= 4 is 47.5 Å². The Kier molecular flexibility index (Phi) is 18.0. The summed E-state index contributed by atoms with van der Waals surface area (Å²) in [5.41, 5.74) is 6.22. The molecule has 0 amide bonds. The first-order valence-electron chi connectivity index (χ1n) is 18.0. The Bertz CT molecular complexity index is 1480. The first kappa shape index (κ1) is 41.5. The van der Waals surface area contributed by atoms with Crippen molar-refractivity contribution in [3.63, 3.8) is 0 Å². The van der Waals surface area contributed by atoms with Crippen LogP contribution in [-0.4, -0.2) is 61.0 Å². The normalized spacial score (nSPS) is 11.5. The van der Waals surface area contributed by atoms with Crippen molar-refractivity contribution in [1.82, 2.24) is 9.80 Å². The van der Waals surface area contributed by atoms with E-state index in [9.17, 15) is 19.8 Å². The minimum absolute atomic E-state index is 0. The Labute approximate surface area is 301 Å². The molecule has 1 aliphatic carbocycles. The molecule has 4 rings (SSSR count). The number of carbonyl (C=O) groups excluding carboxylic acids is 2. The fourth-order valence-electron chi connectivity index (χ4n) is 7.22. The van der Waals surface area contributed by atoms with Gasteiger partial charge in [0.1, 0.15) is 0 Å². The van der Waals surface area contributed by atoms with Gasteiger partial charge in [-0.05, 0) is 146 Å². The minimum Gasteiger partial charge on any atom is -0.545 e. The third-order valence-electron chi connectivity index (χ3n) is 9.68. The molecule has 0 saturated carbocycles. The van der Waals surface area contributed by atoms with Crippen LogP contribution in [0.25, 0.3) is 33.0 Å². The van der Waals surface area contributed by atoms with Gasteiger partial charge in [0.25, 0.3) is 0 Å². The van der Waals surface area contributed by atoms with Crippen LogP contribution in [0.5, 0.6) is 0 Å². The molecule has 0 saturated heterocycles. The second-order valence-electron chi connectivity index (χ2n) is 13.1. The zero-order valence-electron chi connectivity index (χ0n) is 29.5. The number of carboxylic acids is 2. The largest absolute Gasteiger partial charge is 0.545 e. The van der Waals surface area contributed by atoms with Crippen molar-refractivity contribution in [2.75, 3.05) is 39.3 Å². The van der Waals surface area contributed by atoms with Crippen molar-refractivity contribution in [2.45, 2.75) is 105 Å². The Morgan fingerprint density at radius 1 is 0.583 bits per heavy atom. The van der Waals surface area contributed by atoms with Gasteiger partial charge in [-0.3, -0.25) is 0 Å². The van der Waals surface area contributed by atoms with Crippen molar-refractivity contribution in [3.05, 3.63) is 58.7 Å². The summed E-state index contributed by atoms with van der Waals surface area (Å²) in [5, 5.41) is 26.5. The summed E-state index contributed by atoms with van der Waals surface area (Å²) in [4.78, 5) is 30.0. The van der Waals surface area contributed by atoms with E-state index in [1.807, 2.05) is 24.3 Å². The van der Waals surface area contributed by atoms with Crippen molar-refractivity contribution in [2.24, 2.45) is 0 Å². The monoisotopic (exact) mass is 698 g/mol. The third-order valence-corrected chi connectivity index (χ3v) is 9.68. The van der Waals surface area contributed by atoms with E-state index < -0.39 is 11.9 Å². The van der Waals surface area contributed by atoms with E-state index in [4.69, 9.17) is 0 Å². The summed E-state index contributed by atoms with van der Waals surface area (Å²) in [7, 11) is 0. The molecule has 0 heterocycles. The maximum atomic E-state index is 13.0. The molecule has 0 N–H and O–H groups in total. The van der Waals surface area contributed by atoms with E-state index in [1.165, 1.54) is 25.7 Å². The quantitative estimate of drug-likeness (QED) is 0.0835. The predicted octanol–water partition coefficient (Wildman–Crippen LogP) is 7.73. The highest BCUT2D eigenvalue weighted by Crippen LogP contribution is 2.51. The molecule has 3 aromatic carbocycles. The topological polar surface area (TPSA) is 86.7 Å². The number of aromatic carboxylic acids is 2. The lowest BCUT2D eigenvalue weighted by Gasteiger charge is -2.26. The Morgan fingerprint density at radius 2 is 1.08 bits per heavy atom. The zero-order valence-corrected chi connectivity index (χ0v) is 31.2. The number of fused-ring (bicyclic) bond motifs is 3. The van der Waals surface area contributed by atoms with Crippen LogP contribution in [0, 0.1) is 0 Å². The number of nitrogens with zero attached hydrogens (tertiary/aromatic N) is 2. The average Bonchev–Trinajstić information content (AvgIpc) is 3.38. The van der Waals surface area contributed by atoms with Crippen LogP contribution in [0.3, 0.4) is 0 Å². The number of carbonyl (C=O) groups is 2. The fraction of sp³-hybridized carbons (Fsp3) is 0.550. The van der Waals surface area contributed by atoms with Gasteiger partial charge in [0, 0.05) is 5.56 Å². The molecule has 266 valence electrons. The molecule has 0 aromatic heterocycles. The molecule has 6 nitrogen and oxygen atoms in total. The predicted molar refractivity (Wildman–Crippen MR) is 201 cm³/mol. The lowest BCUT2D eigenvalue weighted by atomic mass is 9.84. The Balaban J connectivity index is 0.00000400. The van der Waals surface area contributed by atoms with Crippen LogP contribution in [0.15, 0.2) is 36.4 Å². The van der Waals surface area contributed by atoms with Gasteiger partial charge < -0.3 is 29.6 Å². The Hall–Kier alpha value is -2.64. The van der Waals surface area contributed by atoms with Crippen LogP contribution >= 0.6 is 24.8 Å². The lowest BCUT2D eigenvalue weighted by Crippen LogP contribution is -2.29. The molecular formula is C40H56Cl2N2O4-2. The first-order chi connectivity index (χ1) is 22.4. The minimum atomic E-state index is -1.21. The molecule has 0 aliphatic heterocycles. The van der Waals surface area contributed by atoms with Gasteiger partial charge in [-0.25, -0.2) is 0 Å². The van der Waals surface area contributed by atoms with E-state index in [2.05, 4.69) is 37.5 Å². The third kappa shape index (κ3) is 9.97. The maximum absolute atomic E-state index is 13.0. The van der Waals surface area contributed by atoms with Crippen LogP contribution < -0.4 is 10.2 Å². The van der Waals surface area contributed by atoms with E-state index in [0.29, 0.717) is 17.4 Å². The molecule has 8 heteroatoms. The summed E-state index contributed by atoms with van der Waals surface area (Å²) in [6.07, 6.45) is 12.6. The summed E-state index contributed by atoms with van der Waals surface area (Å²) in [5.74, 6) is -2.34. The van der Waals surface area contributed by atoms with Gasteiger partial charge in [0.15, 0.2) is 0 Å². The maximum Gasteiger partial charge on any atom is 0.0724 e. The number of benzene rings is 3. The van der Waals surface area contributed by atoms with Crippen LogP contribution in [0.4, 0.5) is 0 Å². The van der Waals surface area contributed by atoms with Gasteiger partial charge in [-0.15, -0.1) is 24.8 Å². The van der Waals surface area contributed by atoms with Crippen LogP contribution in [0.1, 0.15) is 124 Å². The number of carboxylic acid groups (broad SMARTS) is 2. The SMILES string of the molecule is CCCCN(CCCC)CCCc1c(CCCN(CCCC)CCCC)c2c3c(cccc3c1C(=O)[O-])-c1cc(C(=O)[O-])ccc1-2.Cl.Cl. The molecule has 0 radical (unpaired) electrons. The van der Waals surface area contributed by atoms with Gasteiger partial charge >= 0.3 is 0 Å². The average molecular weight is 700 g/mol. The second-order valence-corrected chi connectivity index (χ2v) is 13.1. The van der Waals surface area contributed by atoms with Crippen molar-refractivity contribution in [3.8, 4) is 22.3 Å². The van der Waals surface area contributed by atoms with Crippen molar-refractivity contribution in [1.29, 1.82) is 0 Å². The summed E-state index contributed by atoms with van der Waals surface area (Å²) < 4.78 is 0. The molecule has 48 heavy (non-hydrogen) atoms. The van der Waals surface area contributed by atoms with E-state index in [0.717, 1.165) is 123 Å². The molecule has 0 spiro atoms. The van der Waals surface area contributed by atoms with Gasteiger partial charge in [-0.2, -0.15) is 0 Å². The smallest absolute Gasteiger partial charge is 0.0724 e. The summed E-state index contributed by atoms with van der Waals surface area (Å²) in [6.45, 7) is 15.1. The zero-order chi connectivity index (χ0) is 33.1. The Morgan fingerprint density at radius 3 is 1.56 bits per heavy atom. The van der Waals surface area contributed by atoms with Gasteiger partial charge in [0.05, 0.1) is 11.9 Å². The van der Waals surface area contributed by atoms with Gasteiger partial charge in [0.2, 0.25) is 0 Å². The van der Waals surface area contributed by atoms with Crippen LogP contribution in [-0.2, 0) is 12.8 Å². The van der Waals surface area contributed by atoms with Gasteiger partial charge in [-0.1, -0.05) is 83.7 Å². The van der Waals surface area contributed by atoms with E-state index in [1.54, 1.807) is 12.1 Å². The molecule has 0 bridgehead atoms. The summed E-state index contributed by atoms with van der Waals surface area (Å²) >= 11 is 0. The number of halogens is 2.